The SMILES string of the molecule is CC(C)(C)OC(=O)N1Cc2nn(-c3ccccc3)c(NC(N)=O)c2C1.COCCN1CCC(c2ccccc2)C1. The molecular weight excluding hydrogens is 508 g/mol. The highest BCUT2D eigenvalue weighted by atomic mass is 16.6. The number of para-hydroxylation sites is 1. The third-order valence-corrected chi connectivity index (χ3v) is 6.81. The summed E-state index contributed by atoms with van der Waals surface area (Å²) in [6.45, 7) is 10.4. The number of anilines is 1. The van der Waals surface area contributed by atoms with Gasteiger partial charge in [-0.3, -0.25) is 10.2 Å². The van der Waals surface area contributed by atoms with Gasteiger partial charge in [-0.15, -0.1) is 0 Å². The fourth-order valence-corrected chi connectivity index (χ4v) is 4.93. The lowest BCUT2D eigenvalue weighted by molar-refractivity contribution is 0.0239. The summed E-state index contributed by atoms with van der Waals surface area (Å²) in [5.41, 5.74) is 8.48. The number of nitrogens with zero attached hydrogens (tertiary/aromatic N) is 4. The van der Waals surface area contributed by atoms with Crippen molar-refractivity contribution < 1.29 is 19.1 Å². The van der Waals surface area contributed by atoms with Gasteiger partial charge in [0.05, 0.1) is 31.1 Å². The van der Waals surface area contributed by atoms with Crippen LogP contribution in [0.15, 0.2) is 60.7 Å². The van der Waals surface area contributed by atoms with E-state index in [4.69, 9.17) is 15.2 Å². The first kappa shape index (κ1) is 29.1. The molecule has 2 aliphatic heterocycles. The number of aromatic nitrogens is 2. The van der Waals surface area contributed by atoms with Crippen LogP contribution in [0.2, 0.25) is 0 Å². The minimum atomic E-state index is -0.685. The van der Waals surface area contributed by atoms with Crippen LogP contribution in [0.25, 0.3) is 5.69 Å². The fraction of sp³-hybridized carbons (Fsp3) is 0.433. The van der Waals surface area contributed by atoms with Crippen LogP contribution in [0.5, 0.6) is 0 Å². The van der Waals surface area contributed by atoms with Crippen LogP contribution >= 0.6 is 0 Å². The van der Waals surface area contributed by atoms with Gasteiger partial charge in [-0.1, -0.05) is 48.5 Å². The molecule has 0 radical (unpaired) electrons. The third-order valence-electron chi connectivity index (χ3n) is 6.81. The standard InChI is InChI=1S/C17H21N5O3.C13H19NO/c1-17(2,3)25-16(24)21-9-12-13(10-21)20-22(14(12)19-15(18)23)11-7-5-4-6-8-11;1-15-10-9-14-8-7-13(11-14)12-5-3-2-4-6-12/h4-8H,9-10H2,1-3H3,(H3,18,19,23);2-6,13H,7-11H2,1H3. The summed E-state index contributed by atoms with van der Waals surface area (Å²) < 4.78 is 12.1. The highest BCUT2D eigenvalue weighted by molar-refractivity contribution is 5.88. The van der Waals surface area contributed by atoms with E-state index in [1.807, 2.05) is 51.1 Å². The summed E-state index contributed by atoms with van der Waals surface area (Å²) >= 11 is 0. The van der Waals surface area contributed by atoms with Crippen LogP contribution in [0.3, 0.4) is 0 Å². The molecule has 1 unspecified atom stereocenters. The number of methoxy groups -OCH3 is 1. The highest BCUT2D eigenvalue weighted by Gasteiger charge is 2.33. The van der Waals surface area contributed by atoms with Crippen molar-refractivity contribution >= 4 is 17.9 Å². The number of rotatable bonds is 6. The Morgan fingerprint density at radius 1 is 1.05 bits per heavy atom. The van der Waals surface area contributed by atoms with Gasteiger partial charge < -0.3 is 20.1 Å². The normalized spacial score (nSPS) is 16.7. The number of primary amides is 1. The van der Waals surface area contributed by atoms with Gasteiger partial charge in [0.1, 0.15) is 11.4 Å². The van der Waals surface area contributed by atoms with E-state index in [2.05, 4.69) is 45.6 Å². The summed E-state index contributed by atoms with van der Waals surface area (Å²) in [4.78, 5) is 27.7. The van der Waals surface area contributed by atoms with Crippen LogP contribution in [-0.4, -0.2) is 70.7 Å². The number of benzene rings is 2. The Labute approximate surface area is 236 Å². The lowest BCUT2D eigenvalue weighted by Gasteiger charge is -2.24. The molecule has 3 N–H and O–H groups in total. The van der Waals surface area contributed by atoms with Crippen molar-refractivity contribution in [1.29, 1.82) is 0 Å². The summed E-state index contributed by atoms with van der Waals surface area (Å²) in [6, 6.07) is 19.5. The molecule has 0 spiro atoms. The predicted octanol–water partition coefficient (Wildman–Crippen LogP) is 4.74. The van der Waals surface area contributed by atoms with Crippen molar-refractivity contribution in [2.24, 2.45) is 5.73 Å². The van der Waals surface area contributed by atoms with Gasteiger partial charge in [0.25, 0.3) is 0 Å². The van der Waals surface area contributed by atoms with E-state index in [9.17, 15) is 9.59 Å². The molecule has 1 atom stereocenters. The maximum atomic E-state index is 12.3. The van der Waals surface area contributed by atoms with Gasteiger partial charge in [0.15, 0.2) is 0 Å². The third kappa shape index (κ3) is 7.61. The van der Waals surface area contributed by atoms with Crippen LogP contribution in [-0.2, 0) is 22.6 Å². The topological polar surface area (TPSA) is 115 Å². The highest BCUT2D eigenvalue weighted by Crippen LogP contribution is 2.32. The summed E-state index contributed by atoms with van der Waals surface area (Å²) in [5, 5.41) is 7.16. The zero-order valence-electron chi connectivity index (χ0n) is 23.8. The van der Waals surface area contributed by atoms with E-state index in [0.717, 1.165) is 30.3 Å². The van der Waals surface area contributed by atoms with Crippen molar-refractivity contribution in [2.45, 2.75) is 51.8 Å². The Kier molecular flexibility index (Phi) is 9.44. The van der Waals surface area contributed by atoms with E-state index in [1.165, 1.54) is 25.1 Å². The number of carbonyl (C=O) groups excluding carboxylic acids is 2. The molecule has 3 amide bonds. The Bertz CT molecular complexity index is 1270. The molecule has 3 heterocycles. The van der Waals surface area contributed by atoms with E-state index in [-0.39, 0.29) is 0 Å². The molecular formula is C30H40N6O4. The van der Waals surface area contributed by atoms with Crippen LogP contribution < -0.4 is 11.1 Å². The second-order valence-electron chi connectivity index (χ2n) is 11.0. The predicted molar refractivity (Wildman–Crippen MR) is 154 cm³/mol. The number of nitrogens with two attached hydrogens (primary N) is 1. The Morgan fingerprint density at radius 3 is 2.35 bits per heavy atom. The van der Waals surface area contributed by atoms with Gasteiger partial charge in [-0.25, -0.2) is 14.3 Å². The molecule has 10 heteroatoms. The number of nitrogens with one attached hydrogen (secondary N) is 1. The zero-order chi connectivity index (χ0) is 28.7. The number of carbonyl (C=O) groups is 2. The average Bonchev–Trinajstić information content (AvgIpc) is 3.64. The monoisotopic (exact) mass is 548 g/mol. The second kappa shape index (κ2) is 13.0. The number of hydrogen-bond acceptors (Lipinski definition) is 6. The van der Waals surface area contributed by atoms with Gasteiger partial charge >= 0.3 is 12.1 Å². The zero-order valence-corrected chi connectivity index (χ0v) is 23.8. The maximum absolute atomic E-state index is 12.3. The number of ether oxygens (including phenoxy) is 2. The van der Waals surface area contributed by atoms with Crippen molar-refractivity contribution in [1.82, 2.24) is 19.6 Å². The largest absolute Gasteiger partial charge is 0.444 e. The van der Waals surface area contributed by atoms with Crippen LogP contribution in [0, 0.1) is 0 Å². The first-order chi connectivity index (χ1) is 19.1. The molecule has 2 aromatic carbocycles. The van der Waals surface area contributed by atoms with Crippen LogP contribution in [0.4, 0.5) is 15.4 Å². The fourth-order valence-electron chi connectivity index (χ4n) is 4.93. The van der Waals surface area contributed by atoms with E-state index >= 15 is 0 Å². The molecule has 3 aromatic rings. The molecule has 214 valence electrons. The number of urea groups is 1. The van der Waals surface area contributed by atoms with Gasteiger partial charge in [0, 0.05) is 25.8 Å². The first-order valence-electron chi connectivity index (χ1n) is 13.6. The molecule has 2 aliphatic rings. The van der Waals surface area contributed by atoms with Crippen molar-refractivity contribution in [2.75, 3.05) is 38.7 Å². The quantitative estimate of drug-likeness (QED) is 0.460. The second-order valence-corrected chi connectivity index (χ2v) is 11.0. The van der Waals surface area contributed by atoms with Crippen molar-refractivity contribution in [3.8, 4) is 5.69 Å². The number of hydrogen-bond donors (Lipinski definition) is 2. The van der Waals surface area contributed by atoms with Gasteiger partial charge in [-0.2, -0.15) is 5.10 Å². The molecule has 10 nitrogen and oxygen atoms in total. The summed E-state index contributed by atoms with van der Waals surface area (Å²) in [5.74, 6) is 1.20. The van der Waals surface area contributed by atoms with Crippen molar-refractivity contribution in [3.63, 3.8) is 0 Å². The molecule has 0 saturated carbocycles. The van der Waals surface area contributed by atoms with Crippen molar-refractivity contribution in [3.05, 3.63) is 77.5 Å². The number of likely N-dealkylation sites (tertiary alicyclic amines) is 1. The Morgan fingerprint density at radius 2 is 1.73 bits per heavy atom. The summed E-state index contributed by atoms with van der Waals surface area (Å²) in [6.07, 6.45) is 0.870. The Balaban J connectivity index is 0.000000210. The van der Waals surface area contributed by atoms with E-state index < -0.39 is 17.7 Å². The minimum absolute atomic E-state index is 0.298. The number of fused-ring (bicyclic) bond motifs is 1. The lowest BCUT2D eigenvalue weighted by Crippen LogP contribution is -2.34. The van der Waals surface area contributed by atoms with Gasteiger partial charge in [-0.05, 0) is 57.4 Å². The van der Waals surface area contributed by atoms with E-state index in [1.54, 1.807) is 16.7 Å². The average molecular weight is 549 g/mol. The number of amides is 3. The minimum Gasteiger partial charge on any atom is -0.444 e. The summed E-state index contributed by atoms with van der Waals surface area (Å²) in [7, 11) is 1.77. The molecule has 5 rings (SSSR count). The molecule has 40 heavy (non-hydrogen) atoms. The molecule has 0 bridgehead atoms. The first-order valence-corrected chi connectivity index (χ1v) is 13.6. The lowest BCUT2D eigenvalue weighted by atomic mass is 9.99. The maximum Gasteiger partial charge on any atom is 0.410 e. The van der Waals surface area contributed by atoms with E-state index in [0.29, 0.717) is 24.6 Å². The van der Waals surface area contributed by atoms with Gasteiger partial charge in [0.2, 0.25) is 0 Å². The Hall–Kier alpha value is -3.89. The molecule has 1 aromatic heterocycles. The molecule has 0 aliphatic carbocycles. The molecule has 1 fully saturated rings. The molecule has 1 saturated heterocycles. The smallest absolute Gasteiger partial charge is 0.410 e. The van der Waals surface area contributed by atoms with Crippen LogP contribution in [0.1, 0.15) is 49.9 Å².